The average Bonchev–Trinajstić information content (AvgIpc) is 2.83. The Hall–Kier alpha value is -2.63. The van der Waals surface area contributed by atoms with E-state index in [2.05, 4.69) is 15.8 Å². The van der Waals surface area contributed by atoms with Crippen molar-refractivity contribution in [1.82, 2.24) is 10.5 Å². The molecular formula is C15H17N3O3. The van der Waals surface area contributed by atoms with Crippen LogP contribution in [-0.4, -0.2) is 17.0 Å². The van der Waals surface area contributed by atoms with Crippen molar-refractivity contribution in [2.24, 2.45) is 0 Å². The molecule has 0 saturated carbocycles. The molecule has 0 bridgehead atoms. The van der Waals surface area contributed by atoms with Gasteiger partial charge in [-0.2, -0.15) is 0 Å². The second kappa shape index (κ2) is 6.69. The van der Waals surface area contributed by atoms with Crippen LogP contribution < -0.4 is 10.6 Å². The summed E-state index contributed by atoms with van der Waals surface area (Å²) in [5, 5.41) is 8.85. The second-order valence-corrected chi connectivity index (χ2v) is 4.75. The summed E-state index contributed by atoms with van der Waals surface area (Å²) in [7, 11) is 0. The molecule has 0 saturated heterocycles. The van der Waals surface area contributed by atoms with Crippen LogP contribution in [0.15, 0.2) is 34.9 Å². The van der Waals surface area contributed by atoms with Crippen LogP contribution in [-0.2, 0) is 16.1 Å². The Morgan fingerprint density at radius 2 is 1.95 bits per heavy atom. The molecular weight excluding hydrogens is 270 g/mol. The van der Waals surface area contributed by atoms with E-state index in [9.17, 15) is 9.59 Å². The summed E-state index contributed by atoms with van der Waals surface area (Å²) in [6.45, 7) is 4.10. The molecule has 0 aliphatic heterocycles. The summed E-state index contributed by atoms with van der Waals surface area (Å²) in [5.74, 6) is 0.139. The van der Waals surface area contributed by atoms with Gasteiger partial charge in [-0.1, -0.05) is 29.4 Å². The van der Waals surface area contributed by atoms with Crippen molar-refractivity contribution in [3.63, 3.8) is 0 Å². The Labute approximate surface area is 122 Å². The Bertz CT molecular complexity index is 649. The first-order valence-electron chi connectivity index (χ1n) is 6.59. The number of nitrogens with one attached hydrogen (secondary N) is 2. The van der Waals surface area contributed by atoms with Gasteiger partial charge < -0.3 is 15.2 Å². The van der Waals surface area contributed by atoms with Gasteiger partial charge in [-0.15, -0.1) is 0 Å². The topological polar surface area (TPSA) is 84.2 Å². The maximum absolute atomic E-state index is 11.7. The predicted molar refractivity (Wildman–Crippen MR) is 77.5 cm³/mol. The molecule has 2 amide bonds. The molecule has 0 atom stereocenters. The smallest absolute Gasteiger partial charge is 0.235 e. The number of hydrogen-bond donors (Lipinski definition) is 2. The van der Waals surface area contributed by atoms with E-state index in [0.29, 0.717) is 18.1 Å². The van der Waals surface area contributed by atoms with Gasteiger partial charge >= 0.3 is 0 Å². The van der Waals surface area contributed by atoms with Gasteiger partial charge in [0.25, 0.3) is 0 Å². The quantitative estimate of drug-likeness (QED) is 0.823. The van der Waals surface area contributed by atoms with Crippen LogP contribution in [0.4, 0.5) is 5.82 Å². The Kier molecular flexibility index (Phi) is 4.71. The molecule has 2 aromatic rings. The molecule has 21 heavy (non-hydrogen) atoms. The van der Waals surface area contributed by atoms with Crippen molar-refractivity contribution >= 4 is 17.6 Å². The molecule has 2 N–H and O–H groups in total. The van der Waals surface area contributed by atoms with Crippen LogP contribution in [0.25, 0.3) is 0 Å². The molecule has 110 valence electrons. The molecule has 0 aliphatic rings. The molecule has 0 fully saturated rings. The minimum atomic E-state index is -0.425. The molecule has 0 radical (unpaired) electrons. The zero-order valence-electron chi connectivity index (χ0n) is 12.0. The minimum absolute atomic E-state index is 0.252. The van der Waals surface area contributed by atoms with Crippen LogP contribution in [0.2, 0.25) is 0 Å². The van der Waals surface area contributed by atoms with E-state index in [1.54, 1.807) is 13.0 Å². The number of hydrogen-bond acceptors (Lipinski definition) is 4. The zero-order valence-corrected chi connectivity index (χ0v) is 12.0. The SMILES string of the molecule is Cc1cc(NC(=O)CC(=O)NCc2ccccc2C)no1. The molecule has 1 heterocycles. The highest BCUT2D eigenvalue weighted by Gasteiger charge is 2.11. The van der Waals surface area contributed by atoms with Crippen LogP contribution in [0.5, 0.6) is 0 Å². The molecule has 1 aromatic heterocycles. The van der Waals surface area contributed by atoms with Crippen LogP contribution in [0.3, 0.4) is 0 Å². The molecule has 0 spiro atoms. The van der Waals surface area contributed by atoms with Crippen LogP contribution in [0.1, 0.15) is 23.3 Å². The molecule has 1 aromatic carbocycles. The second-order valence-electron chi connectivity index (χ2n) is 4.75. The summed E-state index contributed by atoms with van der Waals surface area (Å²) in [5.41, 5.74) is 2.12. The van der Waals surface area contributed by atoms with E-state index in [1.165, 1.54) is 0 Å². The van der Waals surface area contributed by atoms with E-state index in [-0.39, 0.29) is 12.3 Å². The molecule has 0 aliphatic carbocycles. The van der Waals surface area contributed by atoms with Gasteiger partial charge in [0, 0.05) is 12.6 Å². The lowest BCUT2D eigenvalue weighted by molar-refractivity contribution is -0.126. The lowest BCUT2D eigenvalue weighted by atomic mass is 10.1. The van der Waals surface area contributed by atoms with E-state index in [1.807, 2.05) is 31.2 Å². The minimum Gasteiger partial charge on any atom is -0.360 e. The van der Waals surface area contributed by atoms with Gasteiger partial charge in [-0.05, 0) is 25.0 Å². The largest absolute Gasteiger partial charge is 0.360 e. The van der Waals surface area contributed by atoms with Crippen molar-refractivity contribution in [2.45, 2.75) is 26.8 Å². The monoisotopic (exact) mass is 287 g/mol. The van der Waals surface area contributed by atoms with Crippen LogP contribution in [0, 0.1) is 13.8 Å². The third kappa shape index (κ3) is 4.45. The van der Waals surface area contributed by atoms with Gasteiger partial charge in [0.1, 0.15) is 12.2 Å². The number of aromatic nitrogens is 1. The van der Waals surface area contributed by atoms with Gasteiger partial charge in [-0.3, -0.25) is 9.59 Å². The average molecular weight is 287 g/mol. The molecule has 6 heteroatoms. The van der Waals surface area contributed by atoms with Crippen molar-refractivity contribution < 1.29 is 14.1 Å². The first kappa shape index (κ1) is 14.8. The lowest BCUT2D eigenvalue weighted by Crippen LogP contribution is -2.28. The number of amides is 2. The molecule has 0 unspecified atom stereocenters. The van der Waals surface area contributed by atoms with Crippen molar-refractivity contribution in [3.05, 3.63) is 47.2 Å². The van der Waals surface area contributed by atoms with Crippen molar-refractivity contribution in [1.29, 1.82) is 0 Å². The number of aryl methyl sites for hydroxylation is 2. The first-order valence-corrected chi connectivity index (χ1v) is 6.59. The summed E-state index contributed by atoms with van der Waals surface area (Å²) in [6.07, 6.45) is -0.252. The predicted octanol–water partition coefficient (Wildman–Crippen LogP) is 1.94. The normalized spacial score (nSPS) is 10.2. The van der Waals surface area contributed by atoms with Gasteiger partial charge in [0.05, 0.1) is 0 Å². The standard InChI is InChI=1S/C15H17N3O3/c1-10-5-3-4-6-12(10)9-16-14(19)8-15(20)17-13-7-11(2)21-18-13/h3-7H,8-9H2,1-2H3,(H,16,19)(H,17,18,20). The first-order chi connectivity index (χ1) is 10.0. The number of nitrogens with zero attached hydrogens (tertiary/aromatic N) is 1. The maximum atomic E-state index is 11.7. The Morgan fingerprint density at radius 1 is 1.19 bits per heavy atom. The molecule has 6 nitrogen and oxygen atoms in total. The Balaban J connectivity index is 1.79. The van der Waals surface area contributed by atoms with Crippen molar-refractivity contribution in [3.8, 4) is 0 Å². The highest BCUT2D eigenvalue weighted by molar-refractivity contribution is 6.03. The number of carbonyl (C=O) groups is 2. The summed E-state index contributed by atoms with van der Waals surface area (Å²) in [4.78, 5) is 23.4. The number of rotatable bonds is 5. The summed E-state index contributed by atoms with van der Waals surface area (Å²) >= 11 is 0. The molecule has 2 rings (SSSR count). The summed E-state index contributed by atoms with van der Waals surface area (Å²) < 4.78 is 4.82. The summed E-state index contributed by atoms with van der Waals surface area (Å²) in [6, 6.07) is 9.35. The maximum Gasteiger partial charge on any atom is 0.235 e. The third-order valence-corrected chi connectivity index (χ3v) is 2.95. The van der Waals surface area contributed by atoms with E-state index < -0.39 is 5.91 Å². The third-order valence-electron chi connectivity index (χ3n) is 2.95. The van der Waals surface area contributed by atoms with E-state index >= 15 is 0 Å². The van der Waals surface area contributed by atoms with Crippen LogP contribution >= 0.6 is 0 Å². The number of carbonyl (C=O) groups excluding carboxylic acids is 2. The van der Waals surface area contributed by atoms with Gasteiger partial charge in [-0.25, -0.2) is 0 Å². The van der Waals surface area contributed by atoms with Crippen molar-refractivity contribution in [2.75, 3.05) is 5.32 Å². The number of anilines is 1. The number of benzene rings is 1. The fraction of sp³-hybridized carbons (Fsp3) is 0.267. The highest BCUT2D eigenvalue weighted by atomic mass is 16.5. The fourth-order valence-electron chi connectivity index (χ4n) is 1.82. The fourth-order valence-corrected chi connectivity index (χ4v) is 1.82. The highest BCUT2D eigenvalue weighted by Crippen LogP contribution is 2.08. The lowest BCUT2D eigenvalue weighted by Gasteiger charge is -2.07. The van der Waals surface area contributed by atoms with Gasteiger partial charge in [0.2, 0.25) is 11.8 Å². The zero-order chi connectivity index (χ0) is 15.2. The Morgan fingerprint density at radius 3 is 2.62 bits per heavy atom. The van der Waals surface area contributed by atoms with E-state index in [4.69, 9.17) is 4.52 Å². The van der Waals surface area contributed by atoms with Gasteiger partial charge in [0.15, 0.2) is 5.82 Å². The van der Waals surface area contributed by atoms with E-state index in [0.717, 1.165) is 11.1 Å².